The third kappa shape index (κ3) is 3.49. The molecule has 0 aromatic heterocycles. The van der Waals surface area contributed by atoms with Gasteiger partial charge in [0.15, 0.2) is 0 Å². The fraction of sp³-hybridized carbons (Fsp3) is 0.778. The van der Waals surface area contributed by atoms with Gasteiger partial charge in [0.05, 0.1) is 12.5 Å². The molecular formula is C9H15NO5. The Balaban J connectivity index is 2.42. The first kappa shape index (κ1) is 11.9. The van der Waals surface area contributed by atoms with Crippen molar-refractivity contribution in [3.63, 3.8) is 0 Å². The van der Waals surface area contributed by atoms with Crippen LogP contribution in [-0.2, 0) is 14.3 Å². The first-order chi connectivity index (χ1) is 7.15. The van der Waals surface area contributed by atoms with E-state index in [0.29, 0.717) is 19.6 Å². The van der Waals surface area contributed by atoms with E-state index >= 15 is 0 Å². The van der Waals surface area contributed by atoms with E-state index in [0.717, 1.165) is 0 Å². The third-order valence-electron chi connectivity index (χ3n) is 2.33. The van der Waals surface area contributed by atoms with Crippen LogP contribution in [-0.4, -0.2) is 48.0 Å². The Morgan fingerprint density at radius 1 is 1.53 bits per heavy atom. The summed E-state index contributed by atoms with van der Waals surface area (Å²) in [7, 11) is 0. The molecule has 15 heavy (non-hydrogen) atoms. The van der Waals surface area contributed by atoms with E-state index in [9.17, 15) is 9.59 Å². The highest BCUT2D eigenvalue weighted by atomic mass is 16.5. The summed E-state index contributed by atoms with van der Waals surface area (Å²) in [5.74, 6) is -1.70. The second kappa shape index (κ2) is 5.67. The summed E-state index contributed by atoms with van der Waals surface area (Å²) in [6, 6.07) is -1.01. The summed E-state index contributed by atoms with van der Waals surface area (Å²) >= 11 is 0. The minimum absolute atomic E-state index is 0.0225. The van der Waals surface area contributed by atoms with Gasteiger partial charge >= 0.3 is 5.97 Å². The Labute approximate surface area is 87.2 Å². The zero-order valence-corrected chi connectivity index (χ0v) is 8.31. The number of aliphatic hydroxyl groups excluding tert-OH is 1. The lowest BCUT2D eigenvalue weighted by Crippen LogP contribution is -2.44. The highest BCUT2D eigenvalue weighted by Crippen LogP contribution is 2.12. The van der Waals surface area contributed by atoms with Crippen LogP contribution in [0.2, 0.25) is 0 Å². The molecule has 1 heterocycles. The van der Waals surface area contributed by atoms with Crippen LogP contribution < -0.4 is 5.32 Å². The van der Waals surface area contributed by atoms with Crippen LogP contribution in [0.3, 0.4) is 0 Å². The van der Waals surface area contributed by atoms with Crippen LogP contribution in [0.15, 0.2) is 0 Å². The summed E-state index contributed by atoms with van der Waals surface area (Å²) in [4.78, 5) is 22.2. The first-order valence-corrected chi connectivity index (χ1v) is 4.87. The number of carbonyl (C=O) groups excluding carboxylic acids is 1. The van der Waals surface area contributed by atoms with Crippen molar-refractivity contribution in [2.75, 3.05) is 19.8 Å². The van der Waals surface area contributed by atoms with E-state index in [1.165, 1.54) is 0 Å². The van der Waals surface area contributed by atoms with Crippen molar-refractivity contribution in [3.8, 4) is 0 Å². The number of ether oxygens (including phenoxy) is 1. The molecule has 0 aromatic carbocycles. The van der Waals surface area contributed by atoms with E-state index in [1.807, 2.05) is 0 Å². The van der Waals surface area contributed by atoms with Gasteiger partial charge in [-0.15, -0.1) is 0 Å². The van der Waals surface area contributed by atoms with Gasteiger partial charge in [-0.3, -0.25) is 4.79 Å². The van der Waals surface area contributed by atoms with Gasteiger partial charge in [0.1, 0.15) is 6.04 Å². The van der Waals surface area contributed by atoms with Crippen molar-refractivity contribution in [2.24, 2.45) is 5.92 Å². The van der Waals surface area contributed by atoms with Crippen LogP contribution in [0.1, 0.15) is 12.8 Å². The van der Waals surface area contributed by atoms with Gasteiger partial charge in [0.25, 0.3) is 0 Å². The van der Waals surface area contributed by atoms with Gasteiger partial charge in [-0.05, 0) is 6.42 Å². The lowest BCUT2D eigenvalue weighted by molar-refractivity contribution is -0.142. The predicted molar refractivity (Wildman–Crippen MR) is 50.2 cm³/mol. The molecule has 6 heteroatoms. The van der Waals surface area contributed by atoms with Crippen molar-refractivity contribution < 1.29 is 24.5 Å². The van der Waals surface area contributed by atoms with Crippen molar-refractivity contribution in [2.45, 2.75) is 18.9 Å². The molecule has 1 saturated heterocycles. The Morgan fingerprint density at radius 2 is 2.27 bits per heavy atom. The van der Waals surface area contributed by atoms with Crippen LogP contribution in [0, 0.1) is 5.92 Å². The number of carbonyl (C=O) groups is 2. The minimum atomic E-state index is -1.13. The fourth-order valence-electron chi connectivity index (χ4n) is 1.42. The van der Waals surface area contributed by atoms with Gasteiger partial charge in [0.2, 0.25) is 5.91 Å². The largest absolute Gasteiger partial charge is 0.480 e. The molecule has 2 atom stereocenters. The molecule has 0 bridgehead atoms. The maximum absolute atomic E-state index is 11.5. The molecule has 0 saturated carbocycles. The second-order valence-electron chi connectivity index (χ2n) is 3.47. The van der Waals surface area contributed by atoms with Crippen LogP contribution in [0.4, 0.5) is 0 Å². The van der Waals surface area contributed by atoms with E-state index in [2.05, 4.69) is 5.32 Å². The summed E-state index contributed by atoms with van der Waals surface area (Å²) in [5, 5.41) is 19.7. The number of hydrogen-bond donors (Lipinski definition) is 3. The smallest absolute Gasteiger partial charge is 0.326 e. The maximum atomic E-state index is 11.5. The zero-order valence-electron chi connectivity index (χ0n) is 8.31. The van der Waals surface area contributed by atoms with Crippen molar-refractivity contribution in [1.29, 1.82) is 0 Å². The van der Waals surface area contributed by atoms with Gasteiger partial charge in [-0.1, -0.05) is 0 Å². The maximum Gasteiger partial charge on any atom is 0.326 e. The van der Waals surface area contributed by atoms with E-state index in [-0.39, 0.29) is 24.9 Å². The topological polar surface area (TPSA) is 95.9 Å². The minimum Gasteiger partial charge on any atom is -0.480 e. The molecule has 1 amide bonds. The van der Waals surface area contributed by atoms with E-state index < -0.39 is 12.0 Å². The predicted octanol–water partition coefficient (Wildman–Crippen LogP) is -1.03. The van der Waals surface area contributed by atoms with E-state index in [4.69, 9.17) is 14.9 Å². The molecule has 2 unspecified atom stereocenters. The van der Waals surface area contributed by atoms with Crippen LogP contribution in [0.25, 0.3) is 0 Å². The average molecular weight is 217 g/mol. The van der Waals surface area contributed by atoms with Crippen molar-refractivity contribution >= 4 is 11.9 Å². The number of amides is 1. The fourth-order valence-corrected chi connectivity index (χ4v) is 1.42. The normalized spacial score (nSPS) is 22.3. The molecule has 0 radical (unpaired) electrons. The molecule has 86 valence electrons. The Morgan fingerprint density at radius 3 is 2.73 bits per heavy atom. The molecule has 0 aromatic rings. The number of carboxylic acids is 1. The molecule has 1 aliphatic rings. The van der Waals surface area contributed by atoms with Crippen LogP contribution in [0.5, 0.6) is 0 Å². The second-order valence-corrected chi connectivity index (χ2v) is 3.47. The third-order valence-corrected chi connectivity index (χ3v) is 2.33. The van der Waals surface area contributed by atoms with Gasteiger partial charge in [-0.25, -0.2) is 4.79 Å². The van der Waals surface area contributed by atoms with Gasteiger partial charge < -0.3 is 20.3 Å². The molecular weight excluding hydrogens is 202 g/mol. The van der Waals surface area contributed by atoms with Crippen LogP contribution >= 0.6 is 0 Å². The SMILES string of the molecule is O=C(NC(CCO)C(=O)O)C1CCOC1. The van der Waals surface area contributed by atoms with Crippen molar-refractivity contribution in [3.05, 3.63) is 0 Å². The quantitative estimate of drug-likeness (QED) is 0.547. The average Bonchev–Trinajstić information content (AvgIpc) is 2.69. The molecule has 1 fully saturated rings. The molecule has 3 N–H and O–H groups in total. The van der Waals surface area contributed by atoms with Gasteiger partial charge in [0, 0.05) is 19.6 Å². The standard InChI is InChI=1S/C9H15NO5/c11-3-1-7(9(13)14)10-8(12)6-2-4-15-5-6/h6-7,11H,1-5H2,(H,10,12)(H,13,14). The number of nitrogens with one attached hydrogen (secondary N) is 1. The number of aliphatic hydroxyl groups is 1. The Kier molecular flexibility index (Phi) is 4.51. The summed E-state index contributed by atoms with van der Waals surface area (Å²) in [6.07, 6.45) is 0.645. The molecule has 1 rings (SSSR count). The Hall–Kier alpha value is -1.14. The molecule has 0 aliphatic carbocycles. The lowest BCUT2D eigenvalue weighted by atomic mass is 10.1. The number of carboxylic acid groups (broad SMARTS) is 1. The number of rotatable bonds is 5. The number of hydrogen-bond acceptors (Lipinski definition) is 4. The molecule has 1 aliphatic heterocycles. The van der Waals surface area contributed by atoms with Gasteiger partial charge in [-0.2, -0.15) is 0 Å². The summed E-state index contributed by atoms with van der Waals surface area (Å²) < 4.78 is 5.02. The number of aliphatic carboxylic acids is 1. The highest BCUT2D eigenvalue weighted by Gasteiger charge is 2.27. The monoisotopic (exact) mass is 217 g/mol. The zero-order chi connectivity index (χ0) is 11.3. The summed E-state index contributed by atoms with van der Waals surface area (Å²) in [6.45, 7) is 0.617. The molecule has 6 nitrogen and oxygen atoms in total. The highest BCUT2D eigenvalue weighted by molar-refractivity contribution is 5.85. The first-order valence-electron chi connectivity index (χ1n) is 4.87. The van der Waals surface area contributed by atoms with Crippen molar-refractivity contribution in [1.82, 2.24) is 5.32 Å². The molecule has 0 spiro atoms. The summed E-state index contributed by atoms with van der Waals surface area (Å²) in [5.41, 5.74) is 0. The Bertz CT molecular complexity index is 237. The van der Waals surface area contributed by atoms with E-state index in [1.54, 1.807) is 0 Å². The lowest BCUT2D eigenvalue weighted by Gasteiger charge is -2.15.